The highest BCUT2D eigenvalue weighted by molar-refractivity contribution is 5.59. The molecule has 0 bridgehead atoms. The van der Waals surface area contributed by atoms with E-state index in [0.29, 0.717) is 23.8 Å². The largest absolute Gasteiger partial charge is 0.492 e. The third-order valence-corrected chi connectivity index (χ3v) is 4.77. The van der Waals surface area contributed by atoms with Gasteiger partial charge in [0.25, 0.3) is 0 Å². The van der Waals surface area contributed by atoms with Crippen LogP contribution < -0.4 is 9.64 Å². The predicted molar refractivity (Wildman–Crippen MR) is 106 cm³/mol. The van der Waals surface area contributed by atoms with Crippen molar-refractivity contribution in [3.63, 3.8) is 0 Å². The van der Waals surface area contributed by atoms with E-state index in [1.54, 1.807) is 18.2 Å². The van der Waals surface area contributed by atoms with Gasteiger partial charge >= 0.3 is 0 Å². The Morgan fingerprint density at radius 3 is 2.46 bits per heavy atom. The summed E-state index contributed by atoms with van der Waals surface area (Å²) < 4.78 is 19.8. The second-order valence-electron chi connectivity index (χ2n) is 6.61. The maximum atomic E-state index is 14.0. The fraction of sp³-hybridized carbons (Fsp3) is 0.286. The molecule has 0 radical (unpaired) electrons. The zero-order valence-corrected chi connectivity index (χ0v) is 15.5. The molecule has 2 heterocycles. The number of piperazine rings is 1. The van der Waals surface area contributed by atoms with Crippen molar-refractivity contribution in [3.8, 4) is 17.0 Å². The van der Waals surface area contributed by atoms with Gasteiger partial charge in [0.15, 0.2) is 0 Å². The predicted octanol–water partition coefficient (Wildman–Crippen LogP) is 2.88. The molecule has 4 rings (SSSR count). The molecule has 0 atom stereocenters. The van der Waals surface area contributed by atoms with Gasteiger partial charge in [-0.2, -0.15) is 5.10 Å². The second-order valence-corrected chi connectivity index (χ2v) is 6.61. The van der Waals surface area contributed by atoms with E-state index in [0.717, 1.165) is 38.5 Å². The number of hydrogen-bond donors (Lipinski definition) is 0. The van der Waals surface area contributed by atoms with Gasteiger partial charge in [0, 0.05) is 38.3 Å². The standard InChI is InChI=1S/C21H22FN5O/c22-19-9-5-4-8-18(19)20-16-23-25-21(24-20)27-12-10-26(11-13-27)14-15-28-17-6-2-1-3-7-17/h1-9,16H,10-15H2. The van der Waals surface area contributed by atoms with Gasteiger partial charge in [0.2, 0.25) is 5.95 Å². The number of halogens is 1. The van der Waals surface area contributed by atoms with Crippen molar-refractivity contribution in [1.82, 2.24) is 20.1 Å². The van der Waals surface area contributed by atoms with Gasteiger partial charge in [-0.1, -0.05) is 30.3 Å². The monoisotopic (exact) mass is 379 g/mol. The summed E-state index contributed by atoms with van der Waals surface area (Å²) in [6, 6.07) is 16.4. The van der Waals surface area contributed by atoms with Gasteiger partial charge in [-0.05, 0) is 24.3 Å². The summed E-state index contributed by atoms with van der Waals surface area (Å²) in [6.07, 6.45) is 1.50. The van der Waals surface area contributed by atoms with Crippen molar-refractivity contribution in [2.45, 2.75) is 0 Å². The van der Waals surface area contributed by atoms with Crippen LogP contribution in [0.25, 0.3) is 11.3 Å². The zero-order valence-electron chi connectivity index (χ0n) is 15.5. The maximum absolute atomic E-state index is 14.0. The van der Waals surface area contributed by atoms with E-state index in [-0.39, 0.29) is 5.82 Å². The lowest BCUT2D eigenvalue weighted by Crippen LogP contribution is -2.48. The number of ether oxygens (including phenoxy) is 1. The van der Waals surface area contributed by atoms with Crippen LogP contribution in [0.5, 0.6) is 5.75 Å². The first kappa shape index (κ1) is 18.3. The zero-order chi connectivity index (χ0) is 19.2. The molecule has 0 spiro atoms. The quantitative estimate of drug-likeness (QED) is 0.657. The van der Waals surface area contributed by atoms with Crippen molar-refractivity contribution in [1.29, 1.82) is 0 Å². The summed E-state index contributed by atoms with van der Waals surface area (Å²) >= 11 is 0. The maximum Gasteiger partial charge on any atom is 0.245 e. The van der Waals surface area contributed by atoms with E-state index in [2.05, 4.69) is 25.0 Å². The Morgan fingerprint density at radius 1 is 0.929 bits per heavy atom. The molecule has 0 amide bonds. The van der Waals surface area contributed by atoms with Crippen LogP contribution in [0, 0.1) is 5.82 Å². The van der Waals surface area contributed by atoms with E-state index in [9.17, 15) is 4.39 Å². The highest BCUT2D eigenvalue weighted by Crippen LogP contribution is 2.21. The van der Waals surface area contributed by atoms with E-state index >= 15 is 0 Å². The Labute approximate surface area is 163 Å². The molecule has 1 aliphatic rings. The molecule has 3 aromatic rings. The van der Waals surface area contributed by atoms with Crippen LogP contribution in [-0.4, -0.2) is 59.4 Å². The normalized spacial score (nSPS) is 14.8. The fourth-order valence-corrected chi connectivity index (χ4v) is 3.21. The Balaban J connectivity index is 1.31. The molecule has 1 aliphatic heterocycles. The molecule has 28 heavy (non-hydrogen) atoms. The highest BCUT2D eigenvalue weighted by atomic mass is 19.1. The van der Waals surface area contributed by atoms with Gasteiger partial charge in [-0.3, -0.25) is 4.90 Å². The molecule has 0 saturated carbocycles. The van der Waals surface area contributed by atoms with Gasteiger partial charge < -0.3 is 9.64 Å². The van der Waals surface area contributed by atoms with E-state index in [1.807, 2.05) is 30.3 Å². The Kier molecular flexibility index (Phi) is 5.72. The van der Waals surface area contributed by atoms with Gasteiger partial charge in [-0.15, -0.1) is 5.10 Å². The van der Waals surface area contributed by atoms with Crippen LogP contribution in [0.1, 0.15) is 0 Å². The van der Waals surface area contributed by atoms with Crippen molar-refractivity contribution in [2.24, 2.45) is 0 Å². The molecule has 7 heteroatoms. The summed E-state index contributed by atoms with van der Waals surface area (Å²) in [6.45, 7) is 4.92. The van der Waals surface area contributed by atoms with Gasteiger partial charge in [0.1, 0.15) is 18.2 Å². The number of nitrogens with zero attached hydrogens (tertiary/aromatic N) is 5. The number of anilines is 1. The average molecular weight is 379 g/mol. The fourth-order valence-electron chi connectivity index (χ4n) is 3.21. The van der Waals surface area contributed by atoms with Crippen molar-refractivity contribution >= 4 is 5.95 Å². The summed E-state index contributed by atoms with van der Waals surface area (Å²) in [5.41, 5.74) is 0.942. The minimum absolute atomic E-state index is 0.308. The summed E-state index contributed by atoms with van der Waals surface area (Å²) in [5.74, 6) is 1.13. The smallest absolute Gasteiger partial charge is 0.245 e. The van der Waals surface area contributed by atoms with E-state index in [4.69, 9.17) is 4.74 Å². The molecule has 0 N–H and O–H groups in total. The van der Waals surface area contributed by atoms with Crippen LogP contribution in [0.15, 0.2) is 60.8 Å². The summed E-state index contributed by atoms with van der Waals surface area (Å²) in [5, 5.41) is 8.17. The Morgan fingerprint density at radius 2 is 1.68 bits per heavy atom. The highest BCUT2D eigenvalue weighted by Gasteiger charge is 2.20. The first-order chi connectivity index (χ1) is 13.8. The molecule has 0 unspecified atom stereocenters. The SMILES string of the molecule is Fc1ccccc1-c1cnnc(N2CCN(CCOc3ccccc3)CC2)n1. The first-order valence-corrected chi connectivity index (χ1v) is 9.39. The molecule has 2 aromatic carbocycles. The summed E-state index contributed by atoms with van der Waals surface area (Å²) in [7, 11) is 0. The van der Waals surface area contributed by atoms with Crippen LogP contribution in [0.3, 0.4) is 0 Å². The van der Waals surface area contributed by atoms with Crippen LogP contribution >= 0.6 is 0 Å². The van der Waals surface area contributed by atoms with Gasteiger partial charge in [0.05, 0.1) is 11.9 Å². The molecule has 0 aliphatic carbocycles. The first-order valence-electron chi connectivity index (χ1n) is 9.39. The number of benzene rings is 2. The number of hydrogen-bond acceptors (Lipinski definition) is 6. The molecule has 1 aromatic heterocycles. The molecule has 144 valence electrons. The second kappa shape index (κ2) is 8.75. The van der Waals surface area contributed by atoms with E-state index in [1.165, 1.54) is 12.3 Å². The van der Waals surface area contributed by atoms with Gasteiger partial charge in [-0.25, -0.2) is 9.37 Å². The van der Waals surface area contributed by atoms with Crippen LogP contribution in [0.4, 0.5) is 10.3 Å². The Bertz CT molecular complexity index is 900. The van der Waals surface area contributed by atoms with Crippen molar-refractivity contribution < 1.29 is 9.13 Å². The number of rotatable bonds is 6. The minimum Gasteiger partial charge on any atom is -0.492 e. The molecule has 6 nitrogen and oxygen atoms in total. The number of aromatic nitrogens is 3. The van der Waals surface area contributed by atoms with Crippen molar-refractivity contribution in [3.05, 3.63) is 66.6 Å². The Hall–Kier alpha value is -3.06. The van der Waals surface area contributed by atoms with Crippen LogP contribution in [-0.2, 0) is 0 Å². The lowest BCUT2D eigenvalue weighted by molar-refractivity contribution is 0.200. The third-order valence-electron chi connectivity index (χ3n) is 4.77. The molecular weight excluding hydrogens is 357 g/mol. The minimum atomic E-state index is -0.308. The number of para-hydroxylation sites is 1. The topological polar surface area (TPSA) is 54.4 Å². The van der Waals surface area contributed by atoms with Crippen molar-refractivity contribution in [2.75, 3.05) is 44.2 Å². The van der Waals surface area contributed by atoms with Crippen LogP contribution in [0.2, 0.25) is 0 Å². The molecule has 1 fully saturated rings. The third kappa shape index (κ3) is 4.43. The molecule has 1 saturated heterocycles. The summed E-state index contributed by atoms with van der Waals surface area (Å²) in [4.78, 5) is 8.97. The average Bonchev–Trinajstić information content (AvgIpc) is 2.75. The lowest BCUT2D eigenvalue weighted by atomic mass is 10.1. The lowest BCUT2D eigenvalue weighted by Gasteiger charge is -2.34. The van der Waals surface area contributed by atoms with E-state index < -0.39 is 0 Å². The molecular formula is C21H22FN5O.